The number of benzene rings is 1. The SMILES string of the molecule is CC(C)C1Cc2ccc(OCC3CCOC3)cc2N1. The summed E-state index contributed by atoms with van der Waals surface area (Å²) >= 11 is 0. The summed E-state index contributed by atoms with van der Waals surface area (Å²) in [6.45, 7) is 7.03. The lowest BCUT2D eigenvalue weighted by Crippen LogP contribution is -2.21. The molecule has 0 radical (unpaired) electrons. The number of hydrogen-bond donors (Lipinski definition) is 1. The first kappa shape index (κ1) is 12.8. The first-order valence-electron chi connectivity index (χ1n) is 7.32. The van der Waals surface area contributed by atoms with Crippen molar-refractivity contribution in [3.05, 3.63) is 23.8 Å². The second-order valence-corrected chi connectivity index (χ2v) is 6.06. The van der Waals surface area contributed by atoms with Gasteiger partial charge in [0.1, 0.15) is 5.75 Å². The fraction of sp³-hybridized carbons (Fsp3) is 0.625. The quantitative estimate of drug-likeness (QED) is 0.903. The summed E-state index contributed by atoms with van der Waals surface area (Å²) in [5.41, 5.74) is 2.66. The molecule has 3 heteroatoms. The van der Waals surface area contributed by atoms with Crippen molar-refractivity contribution < 1.29 is 9.47 Å². The van der Waals surface area contributed by atoms with E-state index in [4.69, 9.17) is 9.47 Å². The number of rotatable bonds is 4. The Labute approximate surface area is 115 Å². The minimum absolute atomic E-state index is 0.560. The fourth-order valence-corrected chi connectivity index (χ4v) is 2.78. The topological polar surface area (TPSA) is 30.5 Å². The molecule has 1 N–H and O–H groups in total. The van der Waals surface area contributed by atoms with Crippen LogP contribution in [0.15, 0.2) is 18.2 Å². The predicted octanol–water partition coefficient (Wildman–Crippen LogP) is 3.09. The molecule has 2 unspecified atom stereocenters. The highest BCUT2D eigenvalue weighted by Gasteiger charge is 2.23. The van der Waals surface area contributed by atoms with Gasteiger partial charge < -0.3 is 14.8 Å². The summed E-state index contributed by atoms with van der Waals surface area (Å²) in [6, 6.07) is 7.01. The smallest absolute Gasteiger partial charge is 0.121 e. The van der Waals surface area contributed by atoms with Gasteiger partial charge in [-0.3, -0.25) is 0 Å². The highest BCUT2D eigenvalue weighted by molar-refractivity contribution is 5.60. The summed E-state index contributed by atoms with van der Waals surface area (Å²) in [5, 5.41) is 3.60. The van der Waals surface area contributed by atoms with Crippen LogP contribution in [0.2, 0.25) is 0 Å². The van der Waals surface area contributed by atoms with E-state index < -0.39 is 0 Å². The maximum atomic E-state index is 5.89. The Morgan fingerprint density at radius 3 is 3.05 bits per heavy atom. The Morgan fingerprint density at radius 2 is 2.32 bits per heavy atom. The minimum Gasteiger partial charge on any atom is -0.493 e. The summed E-state index contributed by atoms with van der Waals surface area (Å²) in [4.78, 5) is 0. The second-order valence-electron chi connectivity index (χ2n) is 6.06. The molecule has 1 aromatic rings. The van der Waals surface area contributed by atoms with Crippen molar-refractivity contribution in [1.82, 2.24) is 0 Å². The van der Waals surface area contributed by atoms with Crippen molar-refractivity contribution in [3.63, 3.8) is 0 Å². The highest BCUT2D eigenvalue weighted by atomic mass is 16.5. The molecular formula is C16H23NO2. The zero-order valence-corrected chi connectivity index (χ0v) is 11.8. The van der Waals surface area contributed by atoms with Crippen molar-refractivity contribution in [3.8, 4) is 5.75 Å². The van der Waals surface area contributed by atoms with Gasteiger partial charge in [-0.15, -0.1) is 0 Å². The van der Waals surface area contributed by atoms with Crippen molar-refractivity contribution in [1.29, 1.82) is 0 Å². The Balaban J connectivity index is 1.61. The van der Waals surface area contributed by atoms with E-state index in [2.05, 4.69) is 37.4 Å². The molecule has 2 aliphatic rings. The van der Waals surface area contributed by atoms with Gasteiger partial charge in [0, 0.05) is 30.3 Å². The summed E-state index contributed by atoms with van der Waals surface area (Å²) < 4.78 is 11.3. The molecule has 0 bridgehead atoms. The van der Waals surface area contributed by atoms with Crippen LogP contribution in [0.5, 0.6) is 5.75 Å². The lowest BCUT2D eigenvalue weighted by Gasteiger charge is -2.15. The van der Waals surface area contributed by atoms with E-state index in [0.29, 0.717) is 17.9 Å². The molecule has 2 atom stereocenters. The van der Waals surface area contributed by atoms with Crippen LogP contribution in [0, 0.1) is 11.8 Å². The predicted molar refractivity (Wildman–Crippen MR) is 76.8 cm³/mol. The van der Waals surface area contributed by atoms with Gasteiger partial charge in [-0.05, 0) is 30.4 Å². The molecule has 0 saturated carbocycles. The van der Waals surface area contributed by atoms with E-state index >= 15 is 0 Å². The maximum absolute atomic E-state index is 5.89. The van der Waals surface area contributed by atoms with Crippen LogP contribution in [0.1, 0.15) is 25.8 Å². The first-order chi connectivity index (χ1) is 9.22. The first-order valence-corrected chi connectivity index (χ1v) is 7.32. The molecule has 0 spiro atoms. The summed E-state index contributed by atoms with van der Waals surface area (Å²) in [7, 11) is 0. The molecule has 104 valence electrons. The molecule has 19 heavy (non-hydrogen) atoms. The Kier molecular flexibility index (Phi) is 3.65. The van der Waals surface area contributed by atoms with Crippen LogP contribution in [0.25, 0.3) is 0 Å². The van der Waals surface area contributed by atoms with Crippen LogP contribution in [0.4, 0.5) is 5.69 Å². The van der Waals surface area contributed by atoms with Crippen molar-refractivity contribution in [2.75, 3.05) is 25.1 Å². The average Bonchev–Trinajstić information content (AvgIpc) is 3.04. The third kappa shape index (κ3) is 2.86. The molecule has 1 fully saturated rings. The lowest BCUT2D eigenvalue weighted by molar-refractivity contribution is 0.167. The zero-order valence-electron chi connectivity index (χ0n) is 11.8. The van der Waals surface area contributed by atoms with Crippen molar-refractivity contribution in [2.24, 2.45) is 11.8 Å². The highest BCUT2D eigenvalue weighted by Crippen LogP contribution is 2.32. The number of hydrogen-bond acceptors (Lipinski definition) is 3. The van der Waals surface area contributed by atoms with Gasteiger partial charge in [0.15, 0.2) is 0 Å². The number of nitrogens with one attached hydrogen (secondary N) is 1. The average molecular weight is 261 g/mol. The molecule has 2 heterocycles. The molecule has 3 rings (SSSR count). The molecule has 0 aromatic heterocycles. The van der Waals surface area contributed by atoms with E-state index in [0.717, 1.165) is 38.4 Å². The van der Waals surface area contributed by atoms with Crippen LogP contribution >= 0.6 is 0 Å². The zero-order chi connectivity index (χ0) is 13.2. The van der Waals surface area contributed by atoms with E-state index in [-0.39, 0.29) is 0 Å². The van der Waals surface area contributed by atoms with Crippen molar-refractivity contribution >= 4 is 5.69 Å². The Bertz CT molecular complexity index is 438. The van der Waals surface area contributed by atoms with Crippen LogP contribution in [-0.2, 0) is 11.2 Å². The molecule has 1 aromatic carbocycles. The van der Waals surface area contributed by atoms with E-state index in [1.807, 2.05) is 0 Å². The van der Waals surface area contributed by atoms with Crippen molar-refractivity contribution in [2.45, 2.75) is 32.7 Å². The van der Waals surface area contributed by atoms with E-state index in [1.165, 1.54) is 11.3 Å². The van der Waals surface area contributed by atoms with Gasteiger partial charge >= 0.3 is 0 Å². The van der Waals surface area contributed by atoms with Gasteiger partial charge in [-0.2, -0.15) is 0 Å². The molecule has 3 nitrogen and oxygen atoms in total. The minimum atomic E-state index is 0.560. The maximum Gasteiger partial charge on any atom is 0.121 e. The van der Waals surface area contributed by atoms with Crippen LogP contribution < -0.4 is 10.1 Å². The van der Waals surface area contributed by atoms with Crippen LogP contribution in [0.3, 0.4) is 0 Å². The monoisotopic (exact) mass is 261 g/mol. The lowest BCUT2D eigenvalue weighted by atomic mass is 10.0. The number of anilines is 1. The normalized spacial score (nSPS) is 25.4. The second kappa shape index (κ2) is 5.41. The fourth-order valence-electron chi connectivity index (χ4n) is 2.78. The molecular weight excluding hydrogens is 238 g/mol. The van der Waals surface area contributed by atoms with Gasteiger partial charge in [0.25, 0.3) is 0 Å². The summed E-state index contributed by atoms with van der Waals surface area (Å²) in [6.07, 6.45) is 2.25. The standard InChI is InChI=1S/C16H23NO2/c1-11(2)15-7-13-3-4-14(8-16(13)17-15)19-10-12-5-6-18-9-12/h3-4,8,11-12,15,17H,5-7,9-10H2,1-2H3. The number of fused-ring (bicyclic) bond motifs is 1. The number of ether oxygens (including phenoxy) is 2. The molecule has 0 amide bonds. The third-order valence-corrected chi connectivity index (χ3v) is 4.18. The van der Waals surface area contributed by atoms with E-state index in [1.54, 1.807) is 0 Å². The Hall–Kier alpha value is -1.22. The largest absolute Gasteiger partial charge is 0.493 e. The molecule has 1 saturated heterocycles. The van der Waals surface area contributed by atoms with Gasteiger partial charge in [-0.25, -0.2) is 0 Å². The van der Waals surface area contributed by atoms with Gasteiger partial charge in [0.2, 0.25) is 0 Å². The Morgan fingerprint density at radius 1 is 1.42 bits per heavy atom. The summed E-state index contributed by atoms with van der Waals surface area (Å²) in [5.74, 6) is 2.19. The van der Waals surface area contributed by atoms with Gasteiger partial charge in [0.05, 0.1) is 13.2 Å². The molecule has 2 aliphatic heterocycles. The third-order valence-electron chi connectivity index (χ3n) is 4.18. The molecule has 0 aliphatic carbocycles. The van der Waals surface area contributed by atoms with E-state index in [9.17, 15) is 0 Å². The van der Waals surface area contributed by atoms with Gasteiger partial charge in [-0.1, -0.05) is 19.9 Å². The van der Waals surface area contributed by atoms with Crippen LogP contribution in [-0.4, -0.2) is 25.9 Å².